The van der Waals surface area contributed by atoms with Gasteiger partial charge in [0.15, 0.2) is 0 Å². The van der Waals surface area contributed by atoms with Crippen molar-refractivity contribution in [2.24, 2.45) is 0 Å². The molecule has 0 aliphatic rings. The predicted octanol–water partition coefficient (Wildman–Crippen LogP) is 6.52. The van der Waals surface area contributed by atoms with Gasteiger partial charge in [-0.15, -0.1) is 0 Å². The van der Waals surface area contributed by atoms with Gasteiger partial charge < -0.3 is 15.0 Å². The number of carbonyl (C=O) groups is 2. The summed E-state index contributed by atoms with van der Waals surface area (Å²) in [5.74, 6) is -0.539. The summed E-state index contributed by atoms with van der Waals surface area (Å²) in [7, 11) is -4.24. The van der Waals surface area contributed by atoms with Crippen LogP contribution in [-0.2, 0) is 32.6 Å². The van der Waals surface area contributed by atoms with Crippen molar-refractivity contribution in [2.75, 3.05) is 17.5 Å². The van der Waals surface area contributed by atoms with Crippen LogP contribution in [0.4, 0.5) is 5.69 Å². The van der Waals surface area contributed by atoms with Crippen LogP contribution in [0.2, 0.25) is 0 Å². The van der Waals surface area contributed by atoms with E-state index in [4.69, 9.17) is 4.74 Å². The molecule has 0 aliphatic heterocycles. The standard InChI is InChI=1S/C36H40BrN3O5S/c1-5-45-34-14-10-9-13-32(34)40(46(43,44)31-21-15-27(4)16-22-31)25-35(41)39(24-29-17-19-30(37)20-18-29)33(36(42)38-26(2)3)23-28-11-7-6-8-12-28/h6-22,26,33H,5,23-25H2,1-4H3,(H,38,42)/t33-/m0/s1. The fraction of sp³-hybridized carbons (Fsp3) is 0.278. The molecule has 4 aromatic carbocycles. The first-order valence-electron chi connectivity index (χ1n) is 15.2. The second kappa shape index (κ2) is 15.9. The predicted molar refractivity (Wildman–Crippen MR) is 185 cm³/mol. The molecule has 0 aromatic heterocycles. The summed E-state index contributed by atoms with van der Waals surface area (Å²) in [5.41, 5.74) is 2.78. The molecular formula is C36H40BrN3O5S. The van der Waals surface area contributed by atoms with E-state index in [-0.39, 0.29) is 35.5 Å². The van der Waals surface area contributed by atoms with E-state index in [1.54, 1.807) is 36.4 Å². The van der Waals surface area contributed by atoms with Gasteiger partial charge in [-0.2, -0.15) is 0 Å². The molecule has 0 unspecified atom stereocenters. The van der Waals surface area contributed by atoms with Gasteiger partial charge in [-0.25, -0.2) is 8.42 Å². The molecule has 0 heterocycles. The number of anilines is 1. The molecule has 0 spiro atoms. The first kappa shape index (κ1) is 34.7. The van der Waals surface area contributed by atoms with Crippen molar-refractivity contribution in [1.29, 1.82) is 0 Å². The number of para-hydroxylation sites is 2. The second-order valence-electron chi connectivity index (χ2n) is 11.2. The van der Waals surface area contributed by atoms with Crippen molar-refractivity contribution in [3.05, 3.63) is 124 Å². The van der Waals surface area contributed by atoms with Gasteiger partial charge >= 0.3 is 0 Å². The molecule has 10 heteroatoms. The Bertz CT molecular complexity index is 1710. The summed E-state index contributed by atoms with van der Waals surface area (Å²) in [6.45, 7) is 7.22. The molecule has 0 saturated heterocycles. The monoisotopic (exact) mass is 705 g/mol. The Kier molecular flexibility index (Phi) is 12.0. The number of nitrogens with one attached hydrogen (secondary N) is 1. The number of rotatable bonds is 14. The fourth-order valence-electron chi connectivity index (χ4n) is 5.01. The van der Waals surface area contributed by atoms with Gasteiger partial charge in [0.1, 0.15) is 18.3 Å². The molecule has 4 rings (SSSR count). The summed E-state index contributed by atoms with van der Waals surface area (Å²) in [4.78, 5) is 30.0. The number of benzene rings is 4. The van der Waals surface area contributed by atoms with Crippen molar-refractivity contribution < 1.29 is 22.7 Å². The first-order valence-corrected chi connectivity index (χ1v) is 17.4. The van der Waals surface area contributed by atoms with E-state index in [0.29, 0.717) is 12.4 Å². The quantitative estimate of drug-likeness (QED) is 0.161. The number of hydrogen-bond acceptors (Lipinski definition) is 5. The zero-order valence-corrected chi connectivity index (χ0v) is 28.9. The maximum absolute atomic E-state index is 14.6. The summed E-state index contributed by atoms with van der Waals surface area (Å²) in [6.07, 6.45) is 0.238. The van der Waals surface area contributed by atoms with Crippen LogP contribution in [0, 0.1) is 6.92 Å². The number of nitrogens with zero attached hydrogens (tertiary/aromatic N) is 2. The molecule has 2 amide bonds. The van der Waals surface area contributed by atoms with E-state index in [1.165, 1.54) is 17.0 Å². The zero-order valence-electron chi connectivity index (χ0n) is 26.5. The van der Waals surface area contributed by atoms with Crippen LogP contribution in [0.3, 0.4) is 0 Å². The molecule has 46 heavy (non-hydrogen) atoms. The molecule has 0 radical (unpaired) electrons. The third kappa shape index (κ3) is 8.98. The average Bonchev–Trinajstić information content (AvgIpc) is 3.03. The molecule has 1 N–H and O–H groups in total. The number of aryl methyl sites for hydroxylation is 1. The van der Waals surface area contributed by atoms with Gasteiger partial charge in [0.05, 0.1) is 17.2 Å². The molecule has 1 atom stereocenters. The highest BCUT2D eigenvalue weighted by atomic mass is 79.9. The van der Waals surface area contributed by atoms with Gasteiger partial charge in [-0.3, -0.25) is 13.9 Å². The summed E-state index contributed by atoms with van der Waals surface area (Å²) < 4.78 is 36.4. The normalized spacial score (nSPS) is 12.0. The SMILES string of the molecule is CCOc1ccccc1N(CC(=O)N(Cc1ccc(Br)cc1)[C@@H](Cc1ccccc1)C(=O)NC(C)C)S(=O)(=O)c1ccc(C)cc1. The van der Waals surface area contributed by atoms with Crippen LogP contribution in [-0.4, -0.2) is 50.4 Å². The van der Waals surface area contributed by atoms with Gasteiger partial charge in [0.25, 0.3) is 10.0 Å². The molecule has 0 aliphatic carbocycles. The Morgan fingerprint density at radius 3 is 2.11 bits per heavy atom. The Balaban J connectivity index is 1.84. The van der Waals surface area contributed by atoms with Crippen molar-refractivity contribution in [3.8, 4) is 5.75 Å². The molecule has 4 aromatic rings. The van der Waals surface area contributed by atoms with Gasteiger partial charge in [-0.05, 0) is 75.2 Å². The smallest absolute Gasteiger partial charge is 0.264 e. The zero-order chi connectivity index (χ0) is 33.3. The summed E-state index contributed by atoms with van der Waals surface area (Å²) >= 11 is 3.46. The lowest BCUT2D eigenvalue weighted by atomic mass is 10.0. The van der Waals surface area contributed by atoms with E-state index >= 15 is 0 Å². The fourth-order valence-corrected chi connectivity index (χ4v) is 6.70. The highest BCUT2D eigenvalue weighted by molar-refractivity contribution is 9.10. The number of ether oxygens (including phenoxy) is 1. The minimum Gasteiger partial charge on any atom is -0.492 e. The molecule has 8 nitrogen and oxygen atoms in total. The van der Waals surface area contributed by atoms with Gasteiger partial charge in [-0.1, -0.05) is 88.2 Å². The molecular weight excluding hydrogens is 666 g/mol. The Hall–Kier alpha value is -4.15. The first-order chi connectivity index (χ1) is 22.0. The number of carbonyl (C=O) groups excluding carboxylic acids is 2. The molecule has 242 valence electrons. The van der Waals surface area contributed by atoms with Gasteiger partial charge in [0.2, 0.25) is 11.8 Å². The minimum atomic E-state index is -4.24. The van der Waals surface area contributed by atoms with Crippen molar-refractivity contribution in [2.45, 2.75) is 57.6 Å². The Labute approximate surface area is 280 Å². The van der Waals surface area contributed by atoms with Gasteiger partial charge in [0, 0.05) is 23.5 Å². The minimum absolute atomic E-state index is 0.0371. The Morgan fingerprint density at radius 1 is 0.848 bits per heavy atom. The maximum atomic E-state index is 14.6. The van der Waals surface area contributed by atoms with Crippen LogP contribution in [0.25, 0.3) is 0 Å². The van der Waals surface area contributed by atoms with Crippen LogP contribution in [0.1, 0.15) is 37.5 Å². The van der Waals surface area contributed by atoms with Crippen LogP contribution >= 0.6 is 15.9 Å². The Morgan fingerprint density at radius 2 is 1.48 bits per heavy atom. The van der Waals surface area contributed by atoms with E-state index in [2.05, 4.69) is 21.2 Å². The topological polar surface area (TPSA) is 96.0 Å². The lowest BCUT2D eigenvalue weighted by Crippen LogP contribution is -2.54. The number of amides is 2. The highest BCUT2D eigenvalue weighted by Crippen LogP contribution is 2.33. The van der Waals surface area contributed by atoms with Crippen LogP contribution in [0.15, 0.2) is 112 Å². The highest BCUT2D eigenvalue weighted by Gasteiger charge is 2.35. The third-order valence-electron chi connectivity index (χ3n) is 7.29. The number of hydrogen-bond donors (Lipinski definition) is 1. The summed E-state index contributed by atoms with van der Waals surface area (Å²) in [5, 5.41) is 2.97. The lowest BCUT2D eigenvalue weighted by Gasteiger charge is -2.34. The lowest BCUT2D eigenvalue weighted by molar-refractivity contribution is -0.140. The average molecular weight is 707 g/mol. The largest absolute Gasteiger partial charge is 0.492 e. The van der Waals surface area contributed by atoms with Crippen LogP contribution < -0.4 is 14.4 Å². The number of halogens is 1. The molecule has 0 bridgehead atoms. The van der Waals surface area contributed by atoms with E-state index in [9.17, 15) is 18.0 Å². The number of sulfonamides is 1. The molecule has 0 fully saturated rings. The van der Waals surface area contributed by atoms with E-state index in [0.717, 1.165) is 25.5 Å². The van der Waals surface area contributed by atoms with E-state index < -0.39 is 28.5 Å². The van der Waals surface area contributed by atoms with Crippen molar-refractivity contribution in [3.63, 3.8) is 0 Å². The molecule has 0 saturated carbocycles. The van der Waals surface area contributed by atoms with Crippen LogP contribution in [0.5, 0.6) is 5.75 Å². The van der Waals surface area contributed by atoms with Crippen molar-refractivity contribution >= 4 is 43.5 Å². The second-order valence-corrected chi connectivity index (χ2v) is 14.0. The van der Waals surface area contributed by atoms with Crippen molar-refractivity contribution in [1.82, 2.24) is 10.2 Å². The maximum Gasteiger partial charge on any atom is 0.264 e. The van der Waals surface area contributed by atoms with E-state index in [1.807, 2.05) is 82.3 Å². The third-order valence-corrected chi connectivity index (χ3v) is 9.59. The summed E-state index contributed by atoms with van der Waals surface area (Å²) in [6, 6.07) is 29.1.